The van der Waals surface area contributed by atoms with Crippen LogP contribution in [0.4, 0.5) is 45.5 Å². The van der Waals surface area contributed by atoms with Crippen molar-refractivity contribution >= 4 is 45.5 Å². The van der Waals surface area contributed by atoms with Crippen molar-refractivity contribution in [3.05, 3.63) is 162 Å². The van der Waals surface area contributed by atoms with Crippen LogP contribution in [0.1, 0.15) is 208 Å². The number of nitrogens with zero attached hydrogens (tertiary/aromatic N) is 4. The molecule has 0 saturated heterocycles. The standard InChI is InChI=1S/C66H86N4/c1-35(2)55-29-51(23-45(17)47(55)19)67-61-25-41(13)43(15)27-63(61)69(53-31-57(37(5)6)49(21)58(32-53)38(7)8)65(67)66-68(52-24-46(18)48(20)56(30-52)36(3)4)62-26-42(14)44(16)28-64(62)70(66)54-33-59(39(9)10)50(22)60(34-54)40(11)12/h23-40,65-66H,1-22H3. The number of hydrogen-bond donors (Lipinski definition) is 0. The number of anilines is 8. The van der Waals surface area contributed by atoms with Gasteiger partial charge in [-0.1, -0.05) is 83.1 Å². The third-order valence-corrected chi connectivity index (χ3v) is 16.7. The molecule has 2 aliphatic heterocycles. The van der Waals surface area contributed by atoms with Crippen LogP contribution in [-0.2, 0) is 0 Å². The Bertz CT molecular complexity index is 2730. The van der Waals surface area contributed by atoms with Crippen LogP contribution in [0.25, 0.3) is 0 Å². The van der Waals surface area contributed by atoms with E-state index in [9.17, 15) is 0 Å². The van der Waals surface area contributed by atoms with Crippen molar-refractivity contribution < 1.29 is 0 Å². The van der Waals surface area contributed by atoms with E-state index in [4.69, 9.17) is 0 Å². The first-order valence-electron chi connectivity index (χ1n) is 26.7. The van der Waals surface area contributed by atoms with Gasteiger partial charge in [-0.15, -0.1) is 0 Å². The average Bonchev–Trinajstić information content (AvgIpc) is 3.76. The summed E-state index contributed by atoms with van der Waals surface area (Å²) in [5, 5.41) is 0. The fourth-order valence-corrected chi connectivity index (χ4v) is 12.2. The lowest BCUT2D eigenvalue weighted by Gasteiger charge is -2.45. The number of hydrogen-bond acceptors (Lipinski definition) is 4. The maximum absolute atomic E-state index is 2.78. The fourth-order valence-electron chi connectivity index (χ4n) is 12.2. The largest absolute Gasteiger partial charge is 0.314 e. The highest BCUT2D eigenvalue weighted by molar-refractivity contribution is 5.96. The molecule has 0 radical (unpaired) electrons. The highest BCUT2D eigenvalue weighted by Gasteiger charge is 2.52. The Balaban J connectivity index is 1.61. The van der Waals surface area contributed by atoms with Gasteiger partial charge in [-0.25, -0.2) is 0 Å². The Morgan fingerprint density at radius 1 is 0.243 bits per heavy atom. The molecule has 2 atom stereocenters. The number of fused-ring (bicyclic) bond motifs is 2. The minimum atomic E-state index is -0.246. The van der Waals surface area contributed by atoms with Crippen molar-refractivity contribution in [2.75, 3.05) is 19.6 Å². The van der Waals surface area contributed by atoms with Gasteiger partial charge in [0.2, 0.25) is 0 Å². The fraction of sp³-hybridized carbons (Fsp3) is 0.455. The first-order valence-corrected chi connectivity index (χ1v) is 26.7. The van der Waals surface area contributed by atoms with Crippen molar-refractivity contribution in [1.29, 1.82) is 0 Å². The lowest BCUT2D eigenvalue weighted by atomic mass is 9.88. The zero-order valence-corrected chi connectivity index (χ0v) is 47.3. The molecule has 0 bridgehead atoms. The molecule has 0 saturated carbocycles. The molecule has 0 aliphatic carbocycles. The van der Waals surface area contributed by atoms with E-state index in [1.165, 1.54) is 135 Å². The Morgan fingerprint density at radius 3 is 0.629 bits per heavy atom. The molecule has 2 aliphatic rings. The summed E-state index contributed by atoms with van der Waals surface area (Å²) in [6.45, 7) is 51.6. The summed E-state index contributed by atoms with van der Waals surface area (Å²) in [5.41, 5.74) is 32.0. The van der Waals surface area contributed by atoms with Gasteiger partial charge in [-0.2, -0.15) is 0 Å². The second-order valence-corrected chi connectivity index (χ2v) is 23.5. The minimum absolute atomic E-state index is 0.246. The first-order chi connectivity index (χ1) is 32.8. The second-order valence-electron chi connectivity index (χ2n) is 23.5. The van der Waals surface area contributed by atoms with Gasteiger partial charge in [0.25, 0.3) is 0 Å². The highest BCUT2D eigenvalue weighted by atomic mass is 15.5. The molecule has 0 spiro atoms. The van der Waals surface area contributed by atoms with E-state index < -0.39 is 0 Å². The van der Waals surface area contributed by atoms with Gasteiger partial charge in [-0.05, 0) is 267 Å². The molecule has 0 aromatic heterocycles. The first kappa shape index (κ1) is 50.9. The lowest BCUT2D eigenvalue weighted by molar-refractivity contribution is 0.548. The topological polar surface area (TPSA) is 13.0 Å². The van der Waals surface area contributed by atoms with Gasteiger partial charge in [0.1, 0.15) is 0 Å². The smallest absolute Gasteiger partial charge is 0.151 e. The number of aryl methyl sites for hydroxylation is 6. The van der Waals surface area contributed by atoms with Gasteiger partial charge in [0.05, 0.1) is 22.7 Å². The van der Waals surface area contributed by atoms with Crippen LogP contribution in [0.15, 0.2) is 72.8 Å². The summed E-state index contributed by atoms with van der Waals surface area (Å²) in [7, 11) is 0. The van der Waals surface area contributed by atoms with Crippen molar-refractivity contribution in [3.8, 4) is 0 Å². The molecule has 6 aromatic carbocycles. The van der Waals surface area contributed by atoms with Gasteiger partial charge < -0.3 is 19.6 Å². The molecule has 70 heavy (non-hydrogen) atoms. The van der Waals surface area contributed by atoms with E-state index in [-0.39, 0.29) is 12.3 Å². The Labute approximate surface area is 425 Å². The Kier molecular flexibility index (Phi) is 13.8. The van der Waals surface area contributed by atoms with Gasteiger partial charge in [-0.3, -0.25) is 0 Å². The summed E-state index contributed by atoms with van der Waals surface area (Å²) in [4.78, 5) is 11.1. The van der Waals surface area contributed by atoms with Crippen molar-refractivity contribution in [1.82, 2.24) is 0 Å². The molecule has 2 heterocycles. The summed E-state index contributed by atoms with van der Waals surface area (Å²) in [5.74, 6) is 2.17. The van der Waals surface area contributed by atoms with Crippen LogP contribution in [-0.4, -0.2) is 12.3 Å². The van der Waals surface area contributed by atoms with Crippen molar-refractivity contribution in [2.45, 2.75) is 200 Å². The molecule has 4 nitrogen and oxygen atoms in total. The maximum atomic E-state index is 2.78. The van der Waals surface area contributed by atoms with Crippen molar-refractivity contribution in [2.24, 2.45) is 0 Å². The summed E-state index contributed by atoms with van der Waals surface area (Å²) < 4.78 is 0. The van der Waals surface area contributed by atoms with Crippen LogP contribution < -0.4 is 19.6 Å². The third-order valence-electron chi connectivity index (χ3n) is 16.7. The summed E-state index contributed by atoms with van der Waals surface area (Å²) in [6, 6.07) is 30.3. The van der Waals surface area contributed by atoms with E-state index in [1.807, 2.05) is 0 Å². The number of benzene rings is 6. The third kappa shape index (κ3) is 8.53. The molecule has 0 amide bonds. The molecule has 6 aromatic rings. The molecule has 4 heteroatoms. The number of rotatable bonds is 11. The van der Waals surface area contributed by atoms with Crippen LogP contribution in [0.3, 0.4) is 0 Å². The Hall–Kier alpha value is -5.48. The molecule has 2 unspecified atom stereocenters. The van der Waals surface area contributed by atoms with Gasteiger partial charge in [0, 0.05) is 22.7 Å². The van der Waals surface area contributed by atoms with Crippen LogP contribution in [0.5, 0.6) is 0 Å². The van der Waals surface area contributed by atoms with E-state index in [0.29, 0.717) is 35.5 Å². The van der Waals surface area contributed by atoms with Crippen LogP contribution in [0, 0.1) is 69.2 Å². The van der Waals surface area contributed by atoms with Crippen LogP contribution in [0.2, 0.25) is 0 Å². The van der Waals surface area contributed by atoms with E-state index >= 15 is 0 Å². The monoisotopic (exact) mass is 935 g/mol. The second kappa shape index (κ2) is 18.9. The molecule has 370 valence electrons. The van der Waals surface area contributed by atoms with Gasteiger partial charge in [0.15, 0.2) is 12.3 Å². The minimum Gasteiger partial charge on any atom is -0.314 e. The molecule has 0 fully saturated rings. The normalized spacial score (nSPS) is 15.9. The average molecular weight is 935 g/mol. The zero-order valence-electron chi connectivity index (χ0n) is 47.3. The Morgan fingerprint density at radius 2 is 0.429 bits per heavy atom. The zero-order chi connectivity index (χ0) is 51.3. The molecular formula is C66H86N4. The van der Waals surface area contributed by atoms with E-state index in [2.05, 4.69) is 245 Å². The SMILES string of the molecule is Cc1cc2c(cc1C)N(c1cc(C(C)C)c(C)c(C(C)C)c1)C(C1N(c3cc(C)c(C)c(C(C)C)c3)c3cc(C)c(C)cc3N1c1cc(C(C)C)c(C)c(C(C)C)c1)N2c1cc(C)c(C)c(C(C)C)c1. The summed E-state index contributed by atoms with van der Waals surface area (Å²) in [6.07, 6.45) is -0.492. The predicted octanol–water partition coefficient (Wildman–Crippen LogP) is 19.4. The quantitative estimate of drug-likeness (QED) is 0.128. The summed E-state index contributed by atoms with van der Waals surface area (Å²) >= 11 is 0. The van der Waals surface area contributed by atoms with Gasteiger partial charge >= 0.3 is 0 Å². The van der Waals surface area contributed by atoms with E-state index in [1.54, 1.807) is 0 Å². The van der Waals surface area contributed by atoms with Crippen LogP contribution >= 0.6 is 0 Å². The van der Waals surface area contributed by atoms with E-state index in [0.717, 1.165) is 0 Å². The highest BCUT2D eigenvalue weighted by Crippen LogP contribution is 2.58. The van der Waals surface area contributed by atoms with Crippen molar-refractivity contribution in [3.63, 3.8) is 0 Å². The maximum Gasteiger partial charge on any atom is 0.151 e. The molecule has 8 rings (SSSR count). The molecular weight excluding hydrogens is 849 g/mol. The molecule has 0 N–H and O–H groups in total. The predicted molar refractivity (Wildman–Crippen MR) is 307 cm³/mol. The lowest BCUT2D eigenvalue weighted by Crippen LogP contribution is -2.58.